The largest absolute Gasteiger partial charge is 0.506 e. The van der Waals surface area contributed by atoms with Gasteiger partial charge in [-0.2, -0.15) is 0 Å². The summed E-state index contributed by atoms with van der Waals surface area (Å²) in [6, 6.07) is 29.7. The number of ether oxygens (including phenoxy) is 1. The highest BCUT2D eigenvalue weighted by molar-refractivity contribution is 5.92. The van der Waals surface area contributed by atoms with E-state index >= 15 is 0 Å². The molecule has 12 nitrogen and oxygen atoms in total. The van der Waals surface area contributed by atoms with E-state index in [9.17, 15) is 29.7 Å². The number of hydrogen-bond acceptors (Lipinski definition) is 8. The quantitative estimate of drug-likeness (QED) is 0.0955. The first-order valence-electron chi connectivity index (χ1n) is 17.9. The van der Waals surface area contributed by atoms with Gasteiger partial charge >= 0.3 is 6.09 Å². The molecular formula is C41H43N5O7. The molecule has 0 spiro atoms. The number of benzene rings is 4. The van der Waals surface area contributed by atoms with Gasteiger partial charge in [-0.25, -0.2) is 4.79 Å². The van der Waals surface area contributed by atoms with Gasteiger partial charge in [0.15, 0.2) is 6.61 Å². The molecule has 2 amide bonds. The highest BCUT2D eigenvalue weighted by Gasteiger charge is 2.43. The number of amides is 2. The first-order chi connectivity index (χ1) is 25.7. The van der Waals surface area contributed by atoms with Crippen LogP contribution in [0.3, 0.4) is 0 Å². The van der Waals surface area contributed by atoms with Crippen LogP contribution in [0.5, 0.6) is 11.5 Å². The van der Waals surface area contributed by atoms with E-state index in [1.807, 2.05) is 66.7 Å². The number of nitrogens with one attached hydrogen (secondary N) is 3. The normalized spacial score (nSPS) is 19.0. The van der Waals surface area contributed by atoms with Crippen molar-refractivity contribution in [1.29, 1.82) is 0 Å². The SMILES string of the molecule is O=C(COc1cccc([C@H](c2ccccc2)N(C(=O)O)C2CN3CCC2CC3)c1)Nc1cccc(CNCC(O)c2ccc(O)c3[nH]c(=O)ccc23)c1. The molecular weight excluding hydrogens is 674 g/mol. The highest BCUT2D eigenvalue weighted by atomic mass is 16.5. The van der Waals surface area contributed by atoms with Crippen LogP contribution < -0.4 is 20.9 Å². The molecule has 5 aromatic rings. The third kappa shape index (κ3) is 8.20. The molecule has 0 saturated carbocycles. The standard InChI is InChI=1S/C41H43N5O7/c47-35-14-12-32(33-13-15-37(49)44-39(33)35)36(48)23-42-22-26-6-4-10-30(20-26)43-38(50)25-53-31-11-5-9-29(21-31)40(28-7-2-1-3-8-28)46(41(51)52)34-24-45-18-16-27(34)17-19-45/h1-15,20-21,27,34,36,40,42,47-48H,16-19,22-25H2,(H,43,50)(H,44,49)(H,51,52)/t34?,36?,40-/m0/s1. The van der Waals surface area contributed by atoms with Crippen molar-refractivity contribution in [3.05, 3.63) is 136 Å². The zero-order valence-corrected chi connectivity index (χ0v) is 29.2. The van der Waals surface area contributed by atoms with Crippen LogP contribution in [-0.4, -0.2) is 80.9 Å². The highest BCUT2D eigenvalue weighted by Crippen LogP contribution is 2.39. The molecule has 0 radical (unpaired) electrons. The van der Waals surface area contributed by atoms with Crippen LogP contribution in [0, 0.1) is 5.92 Å². The summed E-state index contributed by atoms with van der Waals surface area (Å²) in [4.78, 5) is 44.3. The fourth-order valence-corrected chi connectivity index (χ4v) is 7.73. The maximum absolute atomic E-state index is 13.0. The maximum Gasteiger partial charge on any atom is 0.408 e. The second kappa shape index (κ2) is 15.9. The van der Waals surface area contributed by atoms with Gasteiger partial charge < -0.3 is 40.6 Å². The van der Waals surface area contributed by atoms with E-state index in [0.717, 1.165) is 49.2 Å². The number of aliphatic hydroxyl groups is 1. The number of phenols is 1. The summed E-state index contributed by atoms with van der Waals surface area (Å²) in [5.41, 5.74) is 3.60. The number of pyridine rings is 1. The minimum absolute atomic E-state index is 0.0713. The predicted octanol–water partition coefficient (Wildman–Crippen LogP) is 5.24. The molecule has 3 aliphatic heterocycles. The number of aromatic nitrogens is 1. The first-order valence-corrected chi connectivity index (χ1v) is 17.9. The van der Waals surface area contributed by atoms with Gasteiger partial charge in [-0.05, 0) is 90.5 Å². The zero-order chi connectivity index (χ0) is 36.9. The van der Waals surface area contributed by atoms with E-state index in [0.29, 0.717) is 34.8 Å². The van der Waals surface area contributed by atoms with Crippen molar-refractivity contribution < 1.29 is 29.6 Å². The Hall–Kier alpha value is -5.69. The van der Waals surface area contributed by atoms with Crippen molar-refractivity contribution in [2.24, 2.45) is 5.92 Å². The molecule has 2 bridgehead atoms. The molecule has 274 valence electrons. The second-order valence-electron chi connectivity index (χ2n) is 13.8. The average Bonchev–Trinajstić information content (AvgIpc) is 3.17. The number of carboxylic acid groups (broad SMARTS) is 1. The number of nitrogens with zero attached hydrogens (tertiary/aromatic N) is 2. The number of aromatic hydroxyl groups is 1. The van der Waals surface area contributed by atoms with Gasteiger partial charge in [0.2, 0.25) is 5.56 Å². The molecule has 3 atom stereocenters. The number of carbonyl (C=O) groups excluding carboxylic acids is 1. The number of rotatable bonds is 13. The molecule has 53 heavy (non-hydrogen) atoms. The van der Waals surface area contributed by atoms with E-state index in [1.165, 1.54) is 12.1 Å². The number of phenolic OH excluding ortho intramolecular Hbond substituents is 1. The number of anilines is 1. The monoisotopic (exact) mass is 717 g/mol. The third-order valence-electron chi connectivity index (χ3n) is 10.3. The molecule has 2 unspecified atom stereocenters. The summed E-state index contributed by atoms with van der Waals surface area (Å²) < 4.78 is 5.95. The second-order valence-corrected chi connectivity index (χ2v) is 13.8. The van der Waals surface area contributed by atoms with Crippen molar-refractivity contribution in [2.75, 3.05) is 38.1 Å². The van der Waals surface area contributed by atoms with Crippen LogP contribution in [0.2, 0.25) is 0 Å². The summed E-state index contributed by atoms with van der Waals surface area (Å²) in [5.74, 6) is 0.346. The number of aromatic amines is 1. The van der Waals surface area contributed by atoms with E-state index in [2.05, 4.69) is 20.5 Å². The van der Waals surface area contributed by atoms with Crippen molar-refractivity contribution >= 4 is 28.6 Å². The molecule has 3 fully saturated rings. The number of H-pyrrole nitrogens is 1. The van der Waals surface area contributed by atoms with Crippen LogP contribution in [-0.2, 0) is 11.3 Å². The van der Waals surface area contributed by atoms with Crippen LogP contribution >= 0.6 is 0 Å². The lowest BCUT2D eigenvalue weighted by Crippen LogP contribution is -2.59. The number of piperidine rings is 3. The van der Waals surface area contributed by atoms with Crippen molar-refractivity contribution in [2.45, 2.75) is 37.6 Å². The Morgan fingerprint density at radius 1 is 0.925 bits per heavy atom. The Morgan fingerprint density at radius 3 is 2.45 bits per heavy atom. The van der Waals surface area contributed by atoms with E-state index in [1.54, 1.807) is 29.2 Å². The predicted molar refractivity (Wildman–Crippen MR) is 201 cm³/mol. The van der Waals surface area contributed by atoms with Gasteiger partial charge in [-0.15, -0.1) is 0 Å². The number of fused-ring (bicyclic) bond motifs is 4. The molecule has 8 rings (SSSR count). The lowest BCUT2D eigenvalue weighted by Gasteiger charge is -2.50. The summed E-state index contributed by atoms with van der Waals surface area (Å²) >= 11 is 0. The molecule has 0 aliphatic carbocycles. The van der Waals surface area contributed by atoms with Crippen molar-refractivity contribution in [3.63, 3.8) is 0 Å². The molecule has 3 saturated heterocycles. The fraction of sp³-hybridized carbons (Fsp3) is 0.293. The number of aliphatic hydroxyl groups excluding tert-OH is 1. The Morgan fingerprint density at radius 2 is 1.70 bits per heavy atom. The fourth-order valence-electron chi connectivity index (χ4n) is 7.73. The van der Waals surface area contributed by atoms with E-state index in [-0.39, 0.29) is 41.9 Å². The molecule has 4 heterocycles. The van der Waals surface area contributed by atoms with Crippen LogP contribution in [0.4, 0.5) is 10.5 Å². The van der Waals surface area contributed by atoms with Crippen molar-refractivity contribution in [3.8, 4) is 11.5 Å². The van der Waals surface area contributed by atoms with Gasteiger partial charge in [-0.1, -0.05) is 60.7 Å². The lowest BCUT2D eigenvalue weighted by molar-refractivity contribution is -0.118. The summed E-state index contributed by atoms with van der Waals surface area (Å²) in [7, 11) is 0. The maximum atomic E-state index is 13.0. The smallest absolute Gasteiger partial charge is 0.408 e. The van der Waals surface area contributed by atoms with E-state index in [4.69, 9.17) is 4.74 Å². The van der Waals surface area contributed by atoms with Gasteiger partial charge in [0.1, 0.15) is 11.5 Å². The lowest BCUT2D eigenvalue weighted by atomic mass is 9.81. The van der Waals surface area contributed by atoms with Crippen LogP contribution in [0.1, 0.15) is 47.2 Å². The van der Waals surface area contributed by atoms with Gasteiger partial charge in [0.05, 0.1) is 23.7 Å². The Kier molecular flexibility index (Phi) is 10.7. The summed E-state index contributed by atoms with van der Waals surface area (Å²) in [6.45, 7) is 3.10. The van der Waals surface area contributed by atoms with Crippen LogP contribution in [0.25, 0.3) is 10.9 Å². The number of hydrogen-bond donors (Lipinski definition) is 6. The zero-order valence-electron chi connectivity index (χ0n) is 29.2. The Labute approximate surface area is 306 Å². The third-order valence-corrected chi connectivity index (χ3v) is 10.3. The number of carbonyl (C=O) groups is 2. The molecule has 6 N–H and O–H groups in total. The Balaban J connectivity index is 0.975. The van der Waals surface area contributed by atoms with Gasteiger partial charge in [0, 0.05) is 36.8 Å². The summed E-state index contributed by atoms with van der Waals surface area (Å²) in [5, 5.41) is 38.3. The Bertz CT molecular complexity index is 2130. The minimum Gasteiger partial charge on any atom is -0.506 e. The minimum atomic E-state index is -0.957. The van der Waals surface area contributed by atoms with Gasteiger partial charge in [-0.3, -0.25) is 14.5 Å². The summed E-state index contributed by atoms with van der Waals surface area (Å²) in [6.07, 6.45) is 0.111. The average molecular weight is 718 g/mol. The van der Waals surface area contributed by atoms with Gasteiger partial charge in [0.25, 0.3) is 5.91 Å². The van der Waals surface area contributed by atoms with E-state index < -0.39 is 18.2 Å². The van der Waals surface area contributed by atoms with Crippen LogP contribution in [0.15, 0.2) is 108 Å². The topological polar surface area (TPSA) is 167 Å². The molecule has 4 aromatic carbocycles. The molecule has 3 aliphatic rings. The molecule has 1 aromatic heterocycles. The molecule has 12 heteroatoms. The van der Waals surface area contributed by atoms with Crippen molar-refractivity contribution in [1.82, 2.24) is 20.1 Å². The first kappa shape index (κ1) is 35.7.